The van der Waals surface area contributed by atoms with Gasteiger partial charge in [-0.3, -0.25) is 4.72 Å². The molecule has 0 saturated carbocycles. The van der Waals surface area contributed by atoms with E-state index < -0.39 is 16.0 Å². The van der Waals surface area contributed by atoms with E-state index in [1.54, 1.807) is 12.1 Å². The minimum absolute atomic E-state index is 0.00862. The van der Waals surface area contributed by atoms with E-state index in [1.165, 1.54) is 30.3 Å². The van der Waals surface area contributed by atoms with Gasteiger partial charge in [-0.15, -0.1) is 0 Å². The molecule has 0 unspecified atom stereocenters. The van der Waals surface area contributed by atoms with Gasteiger partial charge in [0, 0.05) is 5.69 Å². The van der Waals surface area contributed by atoms with E-state index in [-0.39, 0.29) is 16.1 Å². The number of hydrogen-bond acceptors (Lipinski definition) is 4. The van der Waals surface area contributed by atoms with Crippen LogP contribution in [0, 0.1) is 0 Å². The van der Waals surface area contributed by atoms with Crippen LogP contribution in [-0.2, 0) is 10.0 Å². The van der Waals surface area contributed by atoms with E-state index in [0.717, 1.165) is 29.4 Å². The fourth-order valence-corrected chi connectivity index (χ4v) is 3.81. The summed E-state index contributed by atoms with van der Waals surface area (Å²) < 4.78 is 33.5. The second kappa shape index (κ2) is 8.31. The summed E-state index contributed by atoms with van der Waals surface area (Å²) in [6.45, 7) is 2.74. The molecule has 0 atom stereocenters. The number of fused-ring (bicyclic) bond motifs is 1. The Morgan fingerprint density at radius 2 is 1.79 bits per heavy atom. The summed E-state index contributed by atoms with van der Waals surface area (Å²) in [5.41, 5.74) is 0.203. The Bertz CT molecular complexity index is 1110. The predicted octanol–water partition coefficient (Wildman–Crippen LogP) is 4.52. The van der Waals surface area contributed by atoms with Crippen molar-refractivity contribution in [1.29, 1.82) is 0 Å². The van der Waals surface area contributed by atoms with Gasteiger partial charge in [-0.1, -0.05) is 31.5 Å². The van der Waals surface area contributed by atoms with Crippen LogP contribution in [0.1, 0.15) is 30.1 Å². The number of carboxylic acids is 1. The van der Waals surface area contributed by atoms with Crippen LogP contribution in [0.3, 0.4) is 0 Å². The van der Waals surface area contributed by atoms with Gasteiger partial charge in [0.2, 0.25) is 0 Å². The van der Waals surface area contributed by atoms with Gasteiger partial charge in [-0.25, -0.2) is 13.2 Å². The van der Waals surface area contributed by atoms with Crippen molar-refractivity contribution in [3.63, 3.8) is 0 Å². The summed E-state index contributed by atoms with van der Waals surface area (Å²) in [5, 5.41) is 10.7. The molecule has 3 aromatic carbocycles. The first-order valence-corrected chi connectivity index (χ1v) is 10.4. The van der Waals surface area contributed by atoms with Gasteiger partial charge in [-0.2, -0.15) is 0 Å². The van der Waals surface area contributed by atoms with E-state index in [1.807, 2.05) is 18.2 Å². The Balaban J connectivity index is 1.84. The highest BCUT2D eigenvalue weighted by Crippen LogP contribution is 2.25. The second-order valence-corrected chi connectivity index (χ2v) is 8.05. The summed E-state index contributed by atoms with van der Waals surface area (Å²) in [7, 11) is -3.85. The highest BCUT2D eigenvalue weighted by Gasteiger charge is 2.16. The molecular weight excluding hydrogens is 378 g/mol. The van der Waals surface area contributed by atoms with Crippen LogP contribution in [0.15, 0.2) is 65.6 Å². The van der Waals surface area contributed by atoms with E-state index in [9.17, 15) is 13.2 Å². The SMILES string of the molecule is CCCCOc1ccc2cc(S(=O)(=O)Nc3cccc(C(=O)O)c3)ccc2c1. The van der Waals surface area contributed by atoms with E-state index in [0.29, 0.717) is 6.61 Å². The van der Waals surface area contributed by atoms with Gasteiger partial charge < -0.3 is 9.84 Å². The van der Waals surface area contributed by atoms with Crippen molar-refractivity contribution in [2.75, 3.05) is 11.3 Å². The molecule has 6 nitrogen and oxygen atoms in total. The molecule has 3 rings (SSSR count). The maximum absolute atomic E-state index is 12.7. The zero-order valence-corrected chi connectivity index (χ0v) is 16.2. The van der Waals surface area contributed by atoms with Crippen LogP contribution < -0.4 is 9.46 Å². The number of ether oxygens (including phenoxy) is 1. The summed E-state index contributed by atoms with van der Waals surface area (Å²) in [4.78, 5) is 11.2. The first-order chi connectivity index (χ1) is 13.4. The quantitative estimate of drug-likeness (QED) is 0.543. The first kappa shape index (κ1) is 19.7. The van der Waals surface area contributed by atoms with Gasteiger partial charge in [0.25, 0.3) is 10.0 Å². The average Bonchev–Trinajstić information content (AvgIpc) is 2.67. The van der Waals surface area contributed by atoms with Gasteiger partial charge >= 0.3 is 5.97 Å². The summed E-state index contributed by atoms with van der Waals surface area (Å²) in [5.74, 6) is -0.371. The molecule has 0 saturated heterocycles. The minimum Gasteiger partial charge on any atom is -0.494 e. The van der Waals surface area contributed by atoms with Crippen molar-refractivity contribution in [2.45, 2.75) is 24.7 Å². The predicted molar refractivity (Wildman–Crippen MR) is 109 cm³/mol. The molecule has 0 aliphatic heterocycles. The molecule has 0 aliphatic carbocycles. The molecule has 0 heterocycles. The topological polar surface area (TPSA) is 92.7 Å². The smallest absolute Gasteiger partial charge is 0.335 e. The fourth-order valence-electron chi connectivity index (χ4n) is 2.72. The van der Waals surface area contributed by atoms with Gasteiger partial charge in [0.15, 0.2) is 0 Å². The number of sulfonamides is 1. The molecule has 0 aromatic heterocycles. The third-order valence-electron chi connectivity index (χ3n) is 4.22. The lowest BCUT2D eigenvalue weighted by molar-refractivity contribution is 0.0697. The van der Waals surface area contributed by atoms with Gasteiger partial charge in [-0.05, 0) is 59.7 Å². The van der Waals surface area contributed by atoms with Crippen LogP contribution in [0.2, 0.25) is 0 Å². The van der Waals surface area contributed by atoms with Crippen LogP contribution in [-0.4, -0.2) is 26.1 Å². The normalized spacial score (nSPS) is 11.3. The molecule has 0 aliphatic rings. The number of aromatic carboxylic acids is 1. The number of unbranched alkanes of at least 4 members (excludes halogenated alkanes) is 1. The average molecular weight is 399 g/mol. The van der Waals surface area contributed by atoms with Crippen molar-refractivity contribution >= 4 is 32.5 Å². The lowest BCUT2D eigenvalue weighted by atomic mass is 10.1. The molecule has 0 radical (unpaired) electrons. The van der Waals surface area contributed by atoms with Crippen molar-refractivity contribution in [3.05, 3.63) is 66.2 Å². The fraction of sp³-hybridized carbons (Fsp3) is 0.190. The third-order valence-corrected chi connectivity index (χ3v) is 5.60. The number of hydrogen-bond donors (Lipinski definition) is 2. The van der Waals surface area contributed by atoms with E-state index >= 15 is 0 Å². The Hall–Kier alpha value is -3.06. The largest absolute Gasteiger partial charge is 0.494 e. The number of carboxylic acid groups (broad SMARTS) is 1. The Labute approximate surface area is 163 Å². The second-order valence-electron chi connectivity index (χ2n) is 6.36. The Morgan fingerprint density at radius 1 is 1.04 bits per heavy atom. The summed E-state index contributed by atoms with van der Waals surface area (Å²) in [6.07, 6.45) is 2.03. The molecule has 146 valence electrons. The number of anilines is 1. The first-order valence-electron chi connectivity index (χ1n) is 8.92. The third kappa shape index (κ3) is 4.61. The van der Waals surface area contributed by atoms with Crippen LogP contribution in [0.5, 0.6) is 5.75 Å². The maximum atomic E-state index is 12.7. The van der Waals surface area contributed by atoms with Crippen molar-refractivity contribution in [2.24, 2.45) is 0 Å². The van der Waals surface area contributed by atoms with Crippen molar-refractivity contribution in [1.82, 2.24) is 0 Å². The van der Waals surface area contributed by atoms with Crippen LogP contribution in [0.25, 0.3) is 10.8 Å². The molecule has 2 N–H and O–H groups in total. The number of rotatable bonds is 8. The molecular formula is C21H21NO5S. The van der Waals surface area contributed by atoms with Crippen LogP contribution >= 0.6 is 0 Å². The highest BCUT2D eigenvalue weighted by atomic mass is 32.2. The maximum Gasteiger partial charge on any atom is 0.335 e. The number of nitrogens with one attached hydrogen (secondary N) is 1. The summed E-state index contributed by atoms with van der Waals surface area (Å²) in [6, 6.07) is 16.0. The van der Waals surface area contributed by atoms with Crippen molar-refractivity contribution in [3.8, 4) is 5.75 Å². The lowest BCUT2D eigenvalue weighted by Gasteiger charge is -2.10. The van der Waals surface area contributed by atoms with Crippen LogP contribution in [0.4, 0.5) is 5.69 Å². The molecule has 7 heteroatoms. The monoisotopic (exact) mass is 399 g/mol. The molecule has 28 heavy (non-hydrogen) atoms. The molecule has 0 spiro atoms. The van der Waals surface area contributed by atoms with E-state index in [4.69, 9.17) is 9.84 Å². The van der Waals surface area contributed by atoms with E-state index in [2.05, 4.69) is 11.6 Å². The van der Waals surface area contributed by atoms with Gasteiger partial charge in [0.1, 0.15) is 5.75 Å². The molecule has 0 fully saturated rings. The summed E-state index contributed by atoms with van der Waals surface area (Å²) >= 11 is 0. The standard InChI is InChI=1S/C21H21NO5S/c1-2-3-11-27-19-9-7-16-14-20(10-8-15(16)13-19)28(25,26)22-18-6-4-5-17(12-18)21(23)24/h4-10,12-14,22H,2-3,11H2,1H3,(H,23,24). The van der Waals surface area contributed by atoms with Gasteiger partial charge in [0.05, 0.1) is 17.1 Å². The highest BCUT2D eigenvalue weighted by molar-refractivity contribution is 7.92. The lowest BCUT2D eigenvalue weighted by Crippen LogP contribution is -2.13. The number of carbonyl (C=O) groups is 1. The number of benzene rings is 3. The minimum atomic E-state index is -3.85. The molecule has 3 aromatic rings. The molecule has 0 amide bonds. The van der Waals surface area contributed by atoms with Crippen molar-refractivity contribution < 1.29 is 23.1 Å². The Kier molecular flexibility index (Phi) is 5.84. The zero-order valence-electron chi connectivity index (χ0n) is 15.4. The molecule has 0 bridgehead atoms. The Morgan fingerprint density at radius 3 is 2.54 bits per heavy atom. The zero-order chi connectivity index (χ0) is 20.1.